The number of hydrogen-bond acceptors (Lipinski definition) is 2. The van der Waals surface area contributed by atoms with Crippen LogP contribution in [0.15, 0.2) is 0 Å². The van der Waals surface area contributed by atoms with Gasteiger partial charge in [-0.2, -0.15) is 0 Å². The Bertz CT molecular complexity index is 305. The fraction of sp³-hybridized carbons (Fsp3) is 1.00. The molecule has 1 heterocycles. The van der Waals surface area contributed by atoms with Gasteiger partial charge in [0, 0.05) is 25.2 Å². The van der Waals surface area contributed by atoms with E-state index in [1.807, 2.05) is 0 Å². The zero-order valence-electron chi connectivity index (χ0n) is 16.0. The predicted molar refractivity (Wildman–Crippen MR) is 94.8 cm³/mol. The molecule has 1 N–H and O–H groups in total. The monoisotopic (exact) mass is 296 g/mol. The van der Waals surface area contributed by atoms with Crippen molar-refractivity contribution < 1.29 is 0 Å². The third-order valence-corrected chi connectivity index (χ3v) is 5.55. The van der Waals surface area contributed by atoms with Gasteiger partial charge in [-0.25, -0.2) is 0 Å². The molecule has 1 fully saturated rings. The summed E-state index contributed by atoms with van der Waals surface area (Å²) < 4.78 is 0. The number of likely N-dealkylation sites (tertiary alicyclic amines) is 1. The molecule has 0 aromatic heterocycles. The molecular weight excluding hydrogens is 256 g/mol. The number of nitrogens with zero attached hydrogens (tertiary/aromatic N) is 1. The van der Waals surface area contributed by atoms with E-state index in [0.29, 0.717) is 10.8 Å². The lowest BCUT2D eigenvalue weighted by molar-refractivity contribution is 0.132. The molecule has 1 aliphatic heterocycles. The van der Waals surface area contributed by atoms with Crippen LogP contribution in [0, 0.1) is 16.7 Å². The molecule has 1 atom stereocenters. The van der Waals surface area contributed by atoms with E-state index in [0.717, 1.165) is 12.5 Å². The highest BCUT2D eigenvalue weighted by Gasteiger charge is 2.36. The van der Waals surface area contributed by atoms with Gasteiger partial charge in [0.25, 0.3) is 0 Å². The largest absolute Gasteiger partial charge is 0.311 e. The molecule has 126 valence electrons. The van der Waals surface area contributed by atoms with Crippen molar-refractivity contribution in [3.8, 4) is 0 Å². The van der Waals surface area contributed by atoms with Gasteiger partial charge in [0.05, 0.1) is 0 Å². The minimum absolute atomic E-state index is 0.217. The van der Waals surface area contributed by atoms with Crippen LogP contribution in [0.4, 0.5) is 0 Å². The Balaban J connectivity index is 2.63. The molecular formula is C19H40N2. The standard InChI is InChI=1S/C19H40N2/c1-9-19(10-2,14-20-18(6,7)8)15-21-12-11-16(13-21)17(3,4)5/h16,20H,9-15H2,1-8H3. The highest BCUT2D eigenvalue weighted by Crippen LogP contribution is 2.36. The second-order valence-corrected chi connectivity index (χ2v) is 9.40. The Morgan fingerprint density at radius 2 is 1.57 bits per heavy atom. The van der Waals surface area contributed by atoms with Crippen molar-refractivity contribution in [2.75, 3.05) is 26.2 Å². The molecule has 1 saturated heterocycles. The number of nitrogens with one attached hydrogen (secondary N) is 1. The molecule has 0 aliphatic carbocycles. The molecule has 1 rings (SSSR count). The quantitative estimate of drug-likeness (QED) is 0.773. The van der Waals surface area contributed by atoms with E-state index in [-0.39, 0.29) is 5.54 Å². The third-order valence-electron chi connectivity index (χ3n) is 5.55. The summed E-state index contributed by atoms with van der Waals surface area (Å²) in [6.45, 7) is 23.7. The molecule has 0 aromatic rings. The molecule has 1 aliphatic rings. The van der Waals surface area contributed by atoms with Gasteiger partial charge in [-0.3, -0.25) is 0 Å². The second-order valence-electron chi connectivity index (χ2n) is 9.40. The Hall–Kier alpha value is -0.0800. The van der Waals surface area contributed by atoms with Gasteiger partial charge in [0.15, 0.2) is 0 Å². The summed E-state index contributed by atoms with van der Waals surface area (Å²) in [7, 11) is 0. The first kappa shape index (κ1) is 19.0. The van der Waals surface area contributed by atoms with Crippen molar-refractivity contribution in [3.63, 3.8) is 0 Å². The first-order chi connectivity index (χ1) is 9.51. The summed E-state index contributed by atoms with van der Waals surface area (Å²) in [6, 6.07) is 0. The van der Waals surface area contributed by atoms with E-state index in [9.17, 15) is 0 Å². The van der Waals surface area contributed by atoms with Crippen LogP contribution in [0.5, 0.6) is 0 Å². The molecule has 21 heavy (non-hydrogen) atoms. The van der Waals surface area contributed by atoms with Gasteiger partial charge in [-0.05, 0) is 63.3 Å². The maximum atomic E-state index is 3.75. The zero-order valence-corrected chi connectivity index (χ0v) is 16.0. The van der Waals surface area contributed by atoms with Crippen LogP contribution in [-0.4, -0.2) is 36.6 Å². The van der Waals surface area contributed by atoms with Crippen LogP contribution in [0.2, 0.25) is 0 Å². The maximum absolute atomic E-state index is 3.75. The fourth-order valence-corrected chi connectivity index (χ4v) is 3.39. The molecule has 0 amide bonds. The molecule has 2 nitrogen and oxygen atoms in total. The minimum atomic E-state index is 0.217. The second kappa shape index (κ2) is 7.00. The summed E-state index contributed by atoms with van der Waals surface area (Å²) >= 11 is 0. The van der Waals surface area contributed by atoms with Gasteiger partial charge < -0.3 is 10.2 Å². The van der Waals surface area contributed by atoms with E-state index in [1.54, 1.807) is 0 Å². The van der Waals surface area contributed by atoms with Crippen molar-refractivity contribution in [3.05, 3.63) is 0 Å². The van der Waals surface area contributed by atoms with Gasteiger partial charge in [-0.15, -0.1) is 0 Å². The van der Waals surface area contributed by atoms with Crippen molar-refractivity contribution >= 4 is 0 Å². The van der Waals surface area contributed by atoms with Crippen LogP contribution >= 0.6 is 0 Å². The number of hydrogen-bond donors (Lipinski definition) is 1. The normalized spacial score (nSPS) is 22.0. The summed E-state index contributed by atoms with van der Waals surface area (Å²) in [5.74, 6) is 0.861. The molecule has 2 heteroatoms. The van der Waals surface area contributed by atoms with Crippen molar-refractivity contribution in [2.45, 2.75) is 80.2 Å². The Kier molecular flexibility index (Phi) is 6.32. The lowest BCUT2D eigenvalue weighted by Crippen LogP contribution is -2.48. The Morgan fingerprint density at radius 1 is 1.00 bits per heavy atom. The van der Waals surface area contributed by atoms with Gasteiger partial charge in [0.1, 0.15) is 0 Å². The van der Waals surface area contributed by atoms with Crippen LogP contribution in [0.3, 0.4) is 0 Å². The predicted octanol–water partition coefficient (Wildman–Crippen LogP) is 4.55. The third kappa shape index (κ3) is 5.90. The summed E-state index contributed by atoms with van der Waals surface area (Å²) in [6.07, 6.45) is 3.91. The van der Waals surface area contributed by atoms with E-state index >= 15 is 0 Å². The summed E-state index contributed by atoms with van der Waals surface area (Å²) in [5, 5.41) is 3.75. The molecule has 0 aromatic carbocycles. The average Bonchev–Trinajstić information content (AvgIpc) is 2.82. The molecule has 0 spiro atoms. The number of rotatable bonds is 6. The highest BCUT2D eigenvalue weighted by molar-refractivity contribution is 4.90. The van der Waals surface area contributed by atoms with Crippen molar-refractivity contribution in [2.24, 2.45) is 16.7 Å². The zero-order chi connectivity index (χ0) is 16.3. The van der Waals surface area contributed by atoms with Crippen LogP contribution in [0.1, 0.15) is 74.7 Å². The molecule has 0 bridgehead atoms. The van der Waals surface area contributed by atoms with Crippen LogP contribution in [-0.2, 0) is 0 Å². The minimum Gasteiger partial charge on any atom is -0.311 e. The smallest absolute Gasteiger partial charge is 0.00967 e. The first-order valence-corrected chi connectivity index (χ1v) is 8.99. The maximum Gasteiger partial charge on any atom is 0.00967 e. The molecule has 0 radical (unpaired) electrons. The SMILES string of the molecule is CCC(CC)(CNC(C)(C)C)CN1CCC(C(C)(C)C)C1. The van der Waals surface area contributed by atoms with Crippen molar-refractivity contribution in [1.29, 1.82) is 0 Å². The van der Waals surface area contributed by atoms with E-state index in [2.05, 4.69) is 65.6 Å². The summed E-state index contributed by atoms with van der Waals surface area (Å²) in [4.78, 5) is 2.73. The van der Waals surface area contributed by atoms with Gasteiger partial charge >= 0.3 is 0 Å². The van der Waals surface area contributed by atoms with E-state index in [4.69, 9.17) is 0 Å². The van der Waals surface area contributed by atoms with Gasteiger partial charge in [0.2, 0.25) is 0 Å². The van der Waals surface area contributed by atoms with E-state index in [1.165, 1.54) is 38.9 Å². The summed E-state index contributed by atoms with van der Waals surface area (Å²) in [5.41, 5.74) is 1.11. The lowest BCUT2D eigenvalue weighted by atomic mass is 9.79. The Morgan fingerprint density at radius 3 is 1.95 bits per heavy atom. The molecule has 0 saturated carbocycles. The van der Waals surface area contributed by atoms with E-state index < -0.39 is 0 Å². The van der Waals surface area contributed by atoms with Gasteiger partial charge in [-0.1, -0.05) is 34.6 Å². The van der Waals surface area contributed by atoms with Crippen LogP contribution < -0.4 is 5.32 Å². The van der Waals surface area contributed by atoms with Crippen molar-refractivity contribution in [1.82, 2.24) is 10.2 Å². The lowest BCUT2D eigenvalue weighted by Gasteiger charge is -2.39. The topological polar surface area (TPSA) is 15.3 Å². The first-order valence-electron chi connectivity index (χ1n) is 8.99. The molecule has 1 unspecified atom stereocenters. The fourth-order valence-electron chi connectivity index (χ4n) is 3.39. The van der Waals surface area contributed by atoms with Crippen LogP contribution in [0.25, 0.3) is 0 Å². The Labute approximate surface area is 134 Å². The highest BCUT2D eigenvalue weighted by atomic mass is 15.2. The average molecular weight is 297 g/mol.